The van der Waals surface area contributed by atoms with Crippen LogP contribution in [-0.4, -0.2) is 52.5 Å². The minimum Gasteiger partial charge on any atom is -0.394 e. The van der Waals surface area contributed by atoms with E-state index < -0.39 is 0 Å². The first-order valence-electron chi connectivity index (χ1n) is 7.92. The Hall–Kier alpha value is -2.05. The van der Waals surface area contributed by atoms with Crippen LogP contribution in [0.4, 0.5) is 5.82 Å². The molecule has 1 unspecified atom stereocenters. The van der Waals surface area contributed by atoms with E-state index in [2.05, 4.69) is 21.8 Å². The fourth-order valence-corrected chi connectivity index (χ4v) is 2.73. The molecule has 3 heterocycles. The molecule has 2 aromatic heterocycles. The zero-order valence-electron chi connectivity index (χ0n) is 13.6. The van der Waals surface area contributed by atoms with Crippen molar-refractivity contribution in [2.24, 2.45) is 0 Å². The van der Waals surface area contributed by atoms with Crippen molar-refractivity contribution in [2.75, 3.05) is 31.2 Å². The predicted molar refractivity (Wildman–Crippen MR) is 88.4 cm³/mol. The minimum absolute atomic E-state index is 0.0674. The first-order valence-corrected chi connectivity index (χ1v) is 7.92. The van der Waals surface area contributed by atoms with Crippen LogP contribution in [0, 0.1) is 13.8 Å². The average molecular weight is 314 g/mol. The highest BCUT2D eigenvalue weighted by Gasteiger charge is 2.21. The molecule has 23 heavy (non-hydrogen) atoms. The summed E-state index contributed by atoms with van der Waals surface area (Å²) in [5.41, 5.74) is 3.03. The van der Waals surface area contributed by atoms with Crippen LogP contribution in [0.15, 0.2) is 24.5 Å². The Bertz CT molecular complexity index is 663. The summed E-state index contributed by atoms with van der Waals surface area (Å²) in [4.78, 5) is 15.7. The second kappa shape index (κ2) is 7.02. The number of pyridine rings is 1. The quantitative estimate of drug-likeness (QED) is 0.930. The molecule has 0 aromatic carbocycles. The Labute approximate surface area is 136 Å². The van der Waals surface area contributed by atoms with Crippen LogP contribution < -0.4 is 4.90 Å². The highest BCUT2D eigenvalue weighted by molar-refractivity contribution is 5.59. The van der Waals surface area contributed by atoms with Gasteiger partial charge in [-0.2, -0.15) is 0 Å². The molecule has 1 fully saturated rings. The molecule has 1 saturated heterocycles. The van der Waals surface area contributed by atoms with Gasteiger partial charge in [0.1, 0.15) is 5.82 Å². The summed E-state index contributed by atoms with van der Waals surface area (Å²) >= 11 is 0. The predicted octanol–water partition coefficient (Wildman–Crippen LogP) is 1.74. The molecule has 0 bridgehead atoms. The molecule has 1 N–H and O–H groups in total. The molecule has 6 heteroatoms. The number of aromatic nitrogens is 3. The molecule has 0 saturated carbocycles. The van der Waals surface area contributed by atoms with Crippen LogP contribution in [0.2, 0.25) is 0 Å². The number of anilines is 1. The van der Waals surface area contributed by atoms with Crippen LogP contribution >= 0.6 is 0 Å². The molecule has 0 aliphatic carbocycles. The number of hydrogen-bond acceptors (Lipinski definition) is 6. The standard InChI is InChI=1S/C17H22N4O2/c1-12-13(2)19-16(14-3-6-18-7-4-14)20-17(12)21-8-5-15(11-22)23-10-9-21/h3-4,6-7,15,22H,5,8-11H2,1-2H3. The Morgan fingerprint density at radius 2 is 2.00 bits per heavy atom. The maximum atomic E-state index is 9.29. The van der Waals surface area contributed by atoms with Gasteiger partial charge in [0, 0.05) is 42.3 Å². The first kappa shape index (κ1) is 15.8. The van der Waals surface area contributed by atoms with Gasteiger partial charge in [0.25, 0.3) is 0 Å². The van der Waals surface area contributed by atoms with E-state index in [0.717, 1.165) is 48.0 Å². The summed E-state index contributed by atoms with van der Waals surface area (Å²) in [5, 5.41) is 9.29. The fourth-order valence-electron chi connectivity index (χ4n) is 2.73. The van der Waals surface area contributed by atoms with Crippen molar-refractivity contribution >= 4 is 5.82 Å². The van der Waals surface area contributed by atoms with E-state index in [-0.39, 0.29) is 12.7 Å². The fraction of sp³-hybridized carbons (Fsp3) is 0.471. The monoisotopic (exact) mass is 314 g/mol. The highest BCUT2D eigenvalue weighted by atomic mass is 16.5. The minimum atomic E-state index is -0.0806. The number of aryl methyl sites for hydroxylation is 1. The zero-order chi connectivity index (χ0) is 16.2. The van der Waals surface area contributed by atoms with Crippen molar-refractivity contribution in [2.45, 2.75) is 26.4 Å². The maximum absolute atomic E-state index is 9.29. The summed E-state index contributed by atoms with van der Waals surface area (Å²) in [6.07, 6.45) is 4.21. The molecule has 0 amide bonds. The van der Waals surface area contributed by atoms with E-state index in [9.17, 15) is 5.11 Å². The molecular weight excluding hydrogens is 292 g/mol. The van der Waals surface area contributed by atoms with Crippen molar-refractivity contribution in [3.63, 3.8) is 0 Å². The van der Waals surface area contributed by atoms with Gasteiger partial charge in [-0.25, -0.2) is 9.97 Å². The van der Waals surface area contributed by atoms with Gasteiger partial charge in [0.05, 0.1) is 19.3 Å². The zero-order valence-corrected chi connectivity index (χ0v) is 13.6. The van der Waals surface area contributed by atoms with E-state index >= 15 is 0 Å². The SMILES string of the molecule is Cc1nc(-c2ccncc2)nc(N2CCOC(CO)CC2)c1C. The van der Waals surface area contributed by atoms with E-state index in [0.29, 0.717) is 6.61 Å². The Balaban J connectivity index is 1.94. The van der Waals surface area contributed by atoms with Crippen LogP contribution in [0.5, 0.6) is 0 Å². The van der Waals surface area contributed by atoms with Crippen molar-refractivity contribution < 1.29 is 9.84 Å². The molecule has 1 atom stereocenters. The Morgan fingerprint density at radius 1 is 1.22 bits per heavy atom. The third kappa shape index (κ3) is 3.48. The van der Waals surface area contributed by atoms with Gasteiger partial charge < -0.3 is 14.7 Å². The normalized spacial score (nSPS) is 18.7. The molecule has 0 spiro atoms. The number of nitrogens with zero attached hydrogens (tertiary/aromatic N) is 4. The third-order valence-electron chi connectivity index (χ3n) is 4.24. The van der Waals surface area contributed by atoms with Gasteiger partial charge in [-0.3, -0.25) is 4.98 Å². The lowest BCUT2D eigenvalue weighted by atomic mass is 10.2. The lowest BCUT2D eigenvalue weighted by molar-refractivity contribution is 0.0222. The van der Waals surface area contributed by atoms with Crippen LogP contribution in [0.25, 0.3) is 11.4 Å². The van der Waals surface area contributed by atoms with Gasteiger partial charge in [0.15, 0.2) is 5.82 Å². The van der Waals surface area contributed by atoms with Crippen LogP contribution in [0.1, 0.15) is 17.7 Å². The second-order valence-corrected chi connectivity index (χ2v) is 5.77. The Kier molecular flexibility index (Phi) is 4.83. The summed E-state index contributed by atoms with van der Waals surface area (Å²) in [6, 6.07) is 3.84. The molecular formula is C17H22N4O2. The summed E-state index contributed by atoms with van der Waals surface area (Å²) in [7, 11) is 0. The largest absolute Gasteiger partial charge is 0.394 e. The molecule has 1 aliphatic heterocycles. The van der Waals surface area contributed by atoms with Crippen molar-refractivity contribution in [1.82, 2.24) is 15.0 Å². The van der Waals surface area contributed by atoms with Gasteiger partial charge >= 0.3 is 0 Å². The second-order valence-electron chi connectivity index (χ2n) is 5.77. The molecule has 0 radical (unpaired) electrons. The molecule has 122 valence electrons. The molecule has 3 rings (SSSR count). The van der Waals surface area contributed by atoms with E-state index in [1.165, 1.54) is 0 Å². The number of aliphatic hydroxyl groups is 1. The van der Waals surface area contributed by atoms with E-state index in [1.54, 1.807) is 12.4 Å². The Morgan fingerprint density at radius 3 is 2.74 bits per heavy atom. The lowest BCUT2D eigenvalue weighted by Gasteiger charge is -2.24. The van der Waals surface area contributed by atoms with Gasteiger partial charge in [0.2, 0.25) is 0 Å². The first-order chi connectivity index (χ1) is 11.2. The lowest BCUT2D eigenvalue weighted by Crippen LogP contribution is -2.28. The molecule has 1 aliphatic rings. The average Bonchev–Trinajstić information content (AvgIpc) is 2.83. The van der Waals surface area contributed by atoms with Crippen LogP contribution in [-0.2, 0) is 4.74 Å². The van der Waals surface area contributed by atoms with Gasteiger partial charge in [-0.05, 0) is 32.4 Å². The number of hydrogen-bond donors (Lipinski definition) is 1. The van der Waals surface area contributed by atoms with Crippen molar-refractivity contribution in [3.8, 4) is 11.4 Å². The van der Waals surface area contributed by atoms with Crippen molar-refractivity contribution in [1.29, 1.82) is 0 Å². The van der Waals surface area contributed by atoms with Gasteiger partial charge in [-0.1, -0.05) is 0 Å². The number of aliphatic hydroxyl groups excluding tert-OH is 1. The molecule has 2 aromatic rings. The topological polar surface area (TPSA) is 71.4 Å². The number of rotatable bonds is 3. The maximum Gasteiger partial charge on any atom is 0.161 e. The van der Waals surface area contributed by atoms with Gasteiger partial charge in [-0.15, -0.1) is 0 Å². The third-order valence-corrected chi connectivity index (χ3v) is 4.24. The summed E-state index contributed by atoms with van der Waals surface area (Å²) in [5.74, 6) is 1.67. The van der Waals surface area contributed by atoms with E-state index in [1.807, 2.05) is 19.1 Å². The van der Waals surface area contributed by atoms with E-state index in [4.69, 9.17) is 9.72 Å². The summed E-state index contributed by atoms with van der Waals surface area (Å²) in [6.45, 7) is 6.31. The number of ether oxygens (including phenoxy) is 1. The summed E-state index contributed by atoms with van der Waals surface area (Å²) < 4.78 is 5.65. The molecule has 6 nitrogen and oxygen atoms in total. The highest BCUT2D eigenvalue weighted by Crippen LogP contribution is 2.25. The smallest absolute Gasteiger partial charge is 0.161 e. The van der Waals surface area contributed by atoms with Crippen LogP contribution in [0.3, 0.4) is 0 Å². The van der Waals surface area contributed by atoms with Crippen molar-refractivity contribution in [3.05, 3.63) is 35.8 Å².